The molecule has 0 aromatic heterocycles. The highest BCUT2D eigenvalue weighted by Gasteiger charge is 2.44. The molecular formula is C18H24ClNO2. The fraction of sp³-hybridized carbons (Fsp3) is 0.611. The number of aliphatic hydroxyl groups excluding tert-OH is 1. The Morgan fingerprint density at radius 2 is 1.86 bits per heavy atom. The lowest BCUT2D eigenvalue weighted by Crippen LogP contribution is -2.43. The number of halogens is 1. The molecule has 3 nitrogen and oxygen atoms in total. The molecule has 3 rings (SSSR count). The molecule has 1 aromatic carbocycles. The molecule has 2 fully saturated rings. The number of benzene rings is 1. The number of carbonyl (C=O) groups is 1. The third kappa shape index (κ3) is 3.47. The van der Waals surface area contributed by atoms with E-state index < -0.39 is 6.10 Å². The molecule has 2 aliphatic rings. The van der Waals surface area contributed by atoms with E-state index >= 15 is 0 Å². The Balaban J connectivity index is 1.55. The van der Waals surface area contributed by atoms with Crippen LogP contribution >= 0.6 is 11.6 Å². The number of hydrogen-bond acceptors (Lipinski definition) is 2. The topological polar surface area (TPSA) is 49.3 Å². The van der Waals surface area contributed by atoms with Gasteiger partial charge in [0.2, 0.25) is 5.91 Å². The van der Waals surface area contributed by atoms with Crippen LogP contribution in [-0.4, -0.2) is 23.7 Å². The van der Waals surface area contributed by atoms with Gasteiger partial charge in [0.25, 0.3) is 0 Å². The van der Waals surface area contributed by atoms with Crippen LogP contribution in [0.5, 0.6) is 0 Å². The first-order valence-electron chi connectivity index (χ1n) is 8.33. The van der Waals surface area contributed by atoms with Gasteiger partial charge in [0.05, 0.1) is 0 Å². The molecule has 4 heteroatoms. The SMILES string of the molecule is O=C(NCC1(c2ccc(Cl)cc2)CC1)[C@H](O)C1CCCCC1. The van der Waals surface area contributed by atoms with Crippen LogP contribution in [0.1, 0.15) is 50.5 Å². The van der Waals surface area contributed by atoms with Crippen molar-refractivity contribution < 1.29 is 9.90 Å². The molecule has 0 saturated heterocycles. The third-order valence-corrected chi connectivity index (χ3v) is 5.53. The minimum absolute atomic E-state index is 0.0481. The first-order valence-corrected chi connectivity index (χ1v) is 8.70. The maximum atomic E-state index is 12.2. The molecule has 1 aromatic rings. The second-order valence-electron chi connectivity index (χ2n) is 6.85. The molecule has 0 aliphatic heterocycles. The van der Waals surface area contributed by atoms with Gasteiger partial charge in [0.1, 0.15) is 6.10 Å². The monoisotopic (exact) mass is 321 g/mol. The molecule has 0 bridgehead atoms. The second-order valence-corrected chi connectivity index (χ2v) is 7.28. The van der Waals surface area contributed by atoms with Crippen molar-refractivity contribution in [2.45, 2.75) is 56.5 Å². The minimum Gasteiger partial charge on any atom is -0.383 e. The quantitative estimate of drug-likeness (QED) is 0.873. The Morgan fingerprint density at radius 1 is 1.23 bits per heavy atom. The van der Waals surface area contributed by atoms with Crippen LogP contribution in [0, 0.1) is 5.92 Å². The summed E-state index contributed by atoms with van der Waals surface area (Å²) in [5.74, 6) is -0.0634. The Bertz CT molecular complexity index is 518. The molecule has 22 heavy (non-hydrogen) atoms. The normalized spacial score (nSPS) is 22.1. The maximum absolute atomic E-state index is 12.2. The summed E-state index contributed by atoms with van der Waals surface area (Å²) in [7, 11) is 0. The van der Waals surface area contributed by atoms with Gasteiger partial charge in [0, 0.05) is 17.0 Å². The number of rotatable bonds is 5. The van der Waals surface area contributed by atoms with Crippen molar-refractivity contribution in [1.82, 2.24) is 5.32 Å². The number of amides is 1. The molecule has 2 N–H and O–H groups in total. The van der Waals surface area contributed by atoms with Gasteiger partial charge in [-0.25, -0.2) is 0 Å². The van der Waals surface area contributed by atoms with Crippen molar-refractivity contribution >= 4 is 17.5 Å². The summed E-state index contributed by atoms with van der Waals surface area (Å²) in [5, 5.41) is 13.9. The highest BCUT2D eigenvalue weighted by molar-refractivity contribution is 6.30. The number of carbonyl (C=O) groups excluding carboxylic acids is 1. The number of hydrogen-bond donors (Lipinski definition) is 2. The predicted molar refractivity (Wildman–Crippen MR) is 88.0 cm³/mol. The zero-order valence-electron chi connectivity index (χ0n) is 12.9. The second kappa shape index (κ2) is 6.59. The molecule has 0 spiro atoms. The van der Waals surface area contributed by atoms with Crippen LogP contribution in [0.25, 0.3) is 0 Å². The molecule has 1 atom stereocenters. The van der Waals surface area contributed by atoms with Gasteiger partial charge in [-0.2, -0.15) is 0 Å². The van der Waals surface area contributed by atoms with E-state index in [0.29, 0.717) is 6.54 Å². The summed E-state index contributed by atoms with van der Waals surface area (Å²) in [4.78, 5) is 12.2. The summed E-state index contributed by atoms with van der Waals surface area (Å²) in [6.07, 6.45) is 6.73. The third-order valence-electron chi connectivity index (χ3n) is 5.28. The van der Waals surface area contributed by atoms with Crippen LogP contribution < -0.4 is 5.32 Å². The molecule has 0 unspecified atom stereocenters. The van der Waals surface area contributed by atoms with Crippen molar-refractivity contribution in [1.29, 1.82) is 0 Å². The lowest BCUT2D eigenvalue weighted by Gasteiger charge is -2.26. The van der Waals surface area contributed by atoms with Gasteiger partial charge in [-0.05, 0) is 49.3 Å². The summed E-state index contributed by atoms with van der Waals surface area (Å²) < 4.78 is 0. The lowest BCUT2D eigenvalue weighted by atomic mass is 9.85. The number of nitrogens with one attached hydrogen (secondary N) is 1. The Labute approximate surface area is 137 Å². The van der Waals surface area contributed by atoms with Crippen molar-refractivity contribution in [3.8, 4) is 0 Å². The van der Waals surface area contributed by atoms with Crippen molar-refractivity contribution in [2.75, 3.05) is 6.54 Å². The fourth-order valence-electron chi connectivity index (χ4n) is 3.55. The van der Waals surface area contributed by atoms with E-state index in [1.165, 1.54) is 12.0 Å². The molecule has 2 aliphatic carbocycles. The van der Waals surface area contributed by atoms with Crippen molar-refractivity contribution in [2.24, 2.45) is 5.92 Å². The van der Waals surface area contributed by atoms with Crippen LogP contribution in [-0.2, 0) is 10.2 Å². The van der Waals surface area contributed by atoms with Crippen molar-refractivity contribution in [3.63, 3.8) is 0 Å². The molecule has 1 amide bonds. The smallest absolute Gasteiger partial charge is 0.249 e. The summed E-state index contributed by atoms with van der Waals surface area (Å²) in [6.45, 7) is 0.608. The minimum atomic E-state index is -0.846. The maximum Gasteiger partial charge on any atom is 0.249 e. The molecule has 0 heterocycles. The van der Waals surface area contributed by atoms with Crippen LogP contribution in [0.15, 0.2) is 24.3 Å². The summed E-state index contributed by atoms with van der Waals surface area (Å²) in [6, 6.07) is 7.88. The van der Waals surface area contributed by atoms with Gasteiger partial charge in [-0.3, -0.25) is 4.79 Å². The van der Waals surface area contributed by atoms with Crippen LogP contribution in [0.2, 0.25) is 5.02 Å². The van der Waals surface area contributed by atoms with E-state index in [0.717, 1.165) is 43.5 Å². The Hall–Kier alpha value is -1.06. The van der Waals surface area contributed by atoms with Gasteiger partial charge < -0.3 is 10.4 Å². The Morgan fingerprint density at radius 3 is 2.45 bits per heavy atom. The molecule has 2 saturated carbocycles. The van der Waals surface area contributed by atoms with Gasteiger partial charge in [-0.15, -0.1) is 0 Å². The van der Waals surface area contributed by atoms with Gasteiger partial charge in [0.15, 0.2) is 0 Å². The zero-order chi connectivity index (χ0) is 15.6. The average molecular weight is 322 g/mol. The fourth-order valence-corrected chi connectivity index (χ4v) is 3.67. The molecule has 120 valence electrons. The van der Waals surface area contributed by atoms with Crippen LogP contribution in [0.3, 0.4) is 0 Å². The van der Waals surface area contributed by atoms with E-state index in [2.05, 4.69) is 5.32 Å². The molecular weight excluding hydrogens is 298 g/mol. The highest BCUT2D eigenvalue weighted by Crippen LogP contribution is 2.47. The number of aliphatic hydroxyl groups is 1. The van der Waals surface area contributed by atoms with E-state index in [1.807, 2.05) is 24.3 Å². The lowest BCUT2D eigenvalue weighted by molar-refractivity contribution is -0.132. The van der Waals surface area contributed by atoms with Gasteiger partial charge in [-0.1, -0.05) is 43.0 Å². The highest BCUT2D eigenvalue weighted by atomic mass is 35.5. The first-order chi connectivity index (χ1) is 10.6. The van der Waals surface area contributed by atoms with Crippen molar-refractivity contribution in [3.05, 3.63) is 34.9 Å². The van der Waals surface area contributed by atoms with E-state index in [4.69, 9.17) is 11.6 Å². The van der Waals surface area contributed by atoms with Gasteiger partial charge >= 0.3 is 0 Å². The van der Waals surface area contributed by atoms with E-state index in [-0.39, 0.29) is 17.2 Å². The zero-order valence-corrected chi connectivity index (χ0v) is 13.6. The standard InChI is InChI=1S/C18H24ClNO2/c19-15-8-6-14(7-9-15)18(10-11-18)12-20-17(22)16(21)13-4-2-1-3-5-13/h6-9,13,16,21H,1-5,10-12H2,(H,20,22)/t16-/m1/s1. The largest absolute Gasteiger partial charge is 0.383 e. The van der Waals surface area contributed by atoms with E-state index in [1.54, 1.807) is 0 Å². The first kappa shape index (κ1) is 15.8. The van der Waals surface area contributed by atoms with E-state index in [9.17, 15) is 9.90 Å². The Kier molecular flexibility index (Phi) is 4.74. The summed E-state index contributed by atoms with van der Waals surface area (Å²) in [5.41, 5.74) is 1.27. The summed E-state index contributed by atoms with van der Waals surface area (Å²) >= 11 is 5.93. The predicted octanol–water partition coefficient (Wildman–Crippen LogP) is 3.43. The molecule has 0 radical (unpaired) electrons. The average Bonchev–Trinajstić information content (AvgIpc) is 3.34. The van der Waals surface area contributed by atoms with Crippen LogP contribution in [0.4, 0.5) is 0 Å².